The maximum absolute atomic E-state index is 5.84. The Morgan fingerprint density at radius 3 is 2.25 bits per heavy atom. The second kappa shape index (κ2) is 7.41. The number of fused-ring (bicyclic) bond motifs is 1. The van der Waals surface area contributed by atoms with Gasteiger partial charge in [-0.15, -0.1) is 10.2 Å². The Morgan fingerprint density at radius 2 is 1.54 bits per heavy atom. The number of piperazine rings is 1. The summed E-state index contributed by atoms with van der Waals surface area (Å²) in [4.78, 5) is 9.82. The third kappa shape index (κ3) is 3.40. The van der Waals surface area contributed by atoms with Crippen LogP contribution in [-0.2, 0) is 0 Å². The third-order valence-electron chi connectivity index (χ3n) is 6.50. The van der Waals surface area contributed by atoms with E-state index in [1.807, 2.05) is 6.07 Å². The zero-order valence-corrected chi connectivity index (χ0v) is 17.1. The first-order valence-corrected chi connectivity index (χ1v) is 10.6. The number of benzene rings is 1. The van der Waals surface area contributed by atoms with E-state index in [2.05, 4.69) is 61.1 Å². The monoisotopic (exact) mass is 398 g/mol. The highest BCUT2D eigenvalue weighted by Gasteiger charge is 2.39. The van der Waals surface area contributed by atoms with Crippen molar-refractivity contribution in [3.05, 3.63) is 41.6 Å². The minimum absolute atomic E-state index is 0.441. The molecule has 3 aliphatic rings. The van der Waals surface area contributed by atoms with Gasteiger partial charge in [0.25, 0.3) is 0 Å². The van der Waals surface area contributed by atoms with E-state index in [4.69, 9.17) is 11.6 Å². The molecule has 0 bridgehead atoms. The molecule has 4 heterocycles. The zero-order chi connectivity index (χ0) is 19.1. The molecule has 0 amide bonds. The van der Waals surface area contributed by atoms with Crippen molar-refractivity contribution in [1.82, 2.24) is 15.1 Å². The van der Waals surface area contributed by atoms with Gasteiger partial charge >= 0.3 is 0 Å². The minimum atomic E-state index is 0.441. The van der Waals surface area contributed by atoms with E-state index >= 15 is 0 Å². The van der Waals surface area contributed by atoms with Crippen LogP contribution < -0.4 is 14.7 Å². The van der Waals surface area contributed by atoms with Crippen molar-refractivity contribution in [3.8, 4) is 0 Å². The predicted molar refractivity (Wildman–Crippen MR) is 115 cm³/mol. The van der Waals surface area contributed by atoms with Gasteiger partial charge in [-0.1, -0.05) is 11.6 Å². The van der Waals surface area contributed by atoms with Crippen molar-refractivity contribution in [1.29, 1.82) is 0 Å². The van der Waals surface area contributed by atoms with Crippen molar-refractivity contribution < 1.29 is 0 Å². The number of likely N-dealkylation sites (tertiary alicyclic amines) is 1. The standard InChI is InChI=1S/C21H27ClN6/c1-25-14-16-8-9-28(19(16)15-25)18-4-2-17(3-5-18)26-10-12-27(13-11-26)21-7-6-20(22)23-24-21/h2-7,16,19H,8-15H2,1H3/t16-,19+/m1/s1. The van der Waals surface area contributed by atoms with Crippen LogP contribution in [0.15, 0.2) is 36.4 Å². The van der Waals surface area contributed by atoms with E-state index in [1.165, 1.54) is 37.4 Å². The number of hydrogen-bond donors (Lipinski definition) is 0. The average molecular weight is 399 g/mol. The summed E-state index contributed by atoms with van der Waals surface area (Å²) < 4.78 is 0. The molecule has 2 atom stereocenters. The number of likely N-dealkylation sites (N-methyl/N-ethyl adjacent to an activating group) is 1. The average Bonchev–Trinajstić information content (AvgIpc) is 3.28. The molecule has 3 saturated heterocycles. The lowest BCUT2D eigenvalue weighted by Gasteiger charge is -2.36. The fraction of sp³-hybridized carbons (Fsp3) is 0.524. The lowest BCUT2D eigenvalue weighted by Crippen LogP contribution is -2.46. The van der Waals surface area contributed by atoms with Gasteiger partial charge in [0, 0.05) is 63.2 Å². The Kier molecular flexibility index (Phi) is 4.77. The topological polar surface area (TPSA) is 38.7 Å². The number of aromatic nitrogens is 2. The number of nitrogens with zero attached hydrogens (tertiary/aromatic N) is 6. The fourth-order valence-corrected chi connectivity index (χ4v) is 5.12. The largest absolute Gasteiger partial charge is 0.368 e. The molecule has 1 aromatic carbocycles. The summed E-state index contributed by atoms with van der Waals surface area (Å²) in [6.07, 6.45) is 1.33. The van der Waals surface area contributed by atoms with Gasteiger partial charge in [-0.2, -0.15) is 0 Å². The lowest BCUT2D eigenvalue weighted by molar-refractivity contribution is 0.386. The van der Waals surface area contributed by atoms with Gasteiger partial charge in [-0.3, -0.25) is 0 Å². The first-order chi connectivity index (χ1) is 13.7. The molecule has 0 unspecified atom stereocenters. The normalized spacial score (nSPS) is 25.4. The van der Waals surface area contributed by atoms with E-state index in [1.54, 1.807) is 6.07 Å². The molecule has 0 spiro atoms. The van der Waals surface area contributed by atoms with Gasteiger partial charge in [0.2, 0.25) is 0 Å². The minimum Gasteiger partial charge on any atom is -0.368 e. The van der Waals surface area contributed by atoms with Crippen LogP contribution in [0, 0.1) is 5.92 Å². The van der Waals surface area contributed by atoms with Crippen LogP contribution in [-0.4, -0.2) is 74.0 Å². The van der Waals surface area contributed by atoms with E-state index in [-0.39, 0.29) is 0 Å². The summed E-state index contributed by atoms with van der Waals surface area (Å²) in [5, 5.41) is 8.60. The van der Waals surface area contributed by atoms with Crippen molar-refractivity contribution in [2.24, 2.45) is 5.92 Å². The van der Waals surface area contributed by atoms with E-state index in [0.29, 0.717) is 11.2 Å². The number of anilines is 3. The van der Waals surface area contributed by atoms with Crippen LogP contribution in [0.3, 0.4) is 0 Å². The molecular formula is C21H27ClN6. The van der Waals surface area contributed by atoms with E-state index in [9.17, 15) is 0 Å². The Labute approximate surface area is 171 Å². The predicted octanol–water partition coefficient (Wildman–Crippen LogP) is 2.60. The first-order valence-electron chi connectivity index (χ1n) is 10.2. The first kappa shape index (κ1) is 18.0. The zero-order valence-electron chi connectivity index (χ0n) is 16.3. The maximum Gasteiger partial charge on any atom is 0.151 e. The SMILES string of the molecule is CN1C[C@H]2CCN(c3ccc(N4CCN(c5ccc(Cl)nn5)CC4)cc3)[C@H]2C1. The summed E-state index contributed by atoms with van der Waals surface area (Å²) in [7, 11) is 2.24. The van der Waals surface area contributed by atoms with Gasteiger partial charge in [0.05, 0.1) is 0 Å². The molecule has 0 radical (unpaired) electrons. The molecule has 2 aromatic rings. The molecule has 6 nitrogen and oxygen atoms in total. The highest BCUT2D eigenvalue weighted by molar-refractivity contribution is 6.29. The number of hydrogen-bond acceptors (Lipinski definition) is 6. The molecule has 7 heteroatoms. The highest BCUT2D eigenvalue weighted by Crippen LogP contribution is 2.35. The molecule has 0 aliphatic carbocycles. The number of halogens is 1. The van der Waals surface area contributed by atoms with E-state index < -0.39 is 0 Å². The van der Waals surface area contributed by atoms with Gasteiger partial charge in [0.1, 0.15) is 0 Å². The molecule has 3 aliphatic heterocycles. The molecule has 1 aromatic heterocycles. The maximum atomic E-state index is 5.84. The molecule has 0 N–H and O–H groups in total. The smallest absolute Gasteiger partial charge is 0.151 e. The van der Waals surface area contributed by atoms with Crippen molar-refractivity contribution >= 4 is 28.8 Å². The lowest BCUT2D eigenvalue weighted by atomic mass is 10.0. The second-order valence-corrected chi connectivity index (χ2v) is 8.62. The van der Waals surface area contributed by atoms with Crippen molar-refractivity contribution in [2.45, 2.75) is 12.5 Å². The van der Waals surface area contributed by atoms with Crippen LogP contribution in [0.1, 0.15) is 6.42 Å². The van der Waals surface area contributed by atoms with Crippen LogP contribution in [0.4, 0.5) is 17.2 Å². The summed E-state index contributed by atoms with van der Waals surface area (Å²) in [6.45, 7) is 7.51. The van der Waals surface area contributed by atoms with Crippen LogP contribution in [0.2, 0.25) is 5.15 Å². The molecule has 0 saturated carbocycles. The van der Waals surface area contributed by atoms with E-state index in [0.717, 1.165) is 37.9 Å². The van der Waals surface area contributed by atoms with Crippen LogP contribution in [0.5, 0.6) is 0 Å². The Bertz CT molecular complexity index is 803. The highest BCUT2D eigenvalue weighted by atomic mass is 35.5. The molecule has 28 heavy (non-hydrogen) atoms. The molecule has 3 fully saturated rings. The van der Waals surface area contributed by atoms with Gasteiger partial charge < -0.3 is 19.6 Å². The Balaban J connectivity index is 1.22. The molecule has 148 valence electrons. The van der Waals surface area contributed by atoms with Crippen LogP contribution >= 0.6 is 11.6 Å². The molecular weight excluding hydrogens is 372 g/mol. The van der Waals surface area contributed by atoms with Gasteiger partial charge in [-0.25, -0.2) is 0 Å². The van der Waals surface area contributed by atoms with Gasteiger partial charge in [0.15, 0.2) is 11.0 Å². The Morgan fingerprint density at radius 1 is 0.821 bits per heavy atom. The number of rotatable bonds is 3. The third-order valence-corrected chi connectivity index (χ3v) is 6.70. The quantitative estimate of drug-likeness (QED) is 0.791. The molecule has 5 rings (SSSR count). The second-order valence-electron chi connectivity index (χ2n) is 8.24. The van der Waals surface area contributed by atoms with Crippen molar-refractivity contribution in [3.63, 3.8) is 0 Å². The summed E-state index contributed by atoms with van der Waals surface area (Å²) in [6, 6.07) is 13.7. The summed E-state index contributed by atoms with van der Waals surface area (Å²) >= 11 is 5.84. The fourth-order valence-electron chi connectivity index (χ4n) is 5.02. The van der Waals surface area contributed by atoms with Crippen LogP contribution in [0.25, 0.3) is 0 Å². The summed E-state index contributed by atoms with van der Waals surface area (Å²) in [5.74, 6) is 1.75. The summed E-state index contributed by atoms with van der Waals surface area (Å²) in [5.41, 5.74) is 2.69. The van der Waals surface area contributed by atoms with Crippen molar-refractivity contribution in [2.75, 3.05) is 67.6 Å². The van der Waals surface area contributed by atoms with Gasteiger partial charge in [-0.05, 0) is 55.8 Å². The Hall–Kier alpha value is -2.05.